The molecule has 4 rings (SSSR count). The fraction of sp³-hybridized carbons (Fsp3) is 0.167. The lowest BCUT2D eigenvalue weighted by Gasteiger charge is -2.12. The van der Waals surface area contributed by atoms with Crippen molar-refractivity contribution in [3.05, 3.63) is 98.7 Å². The van der Waals surface area contributed by atoms with Crippen molar-refractivity contribution in [2.75, 3.05) is 11.9 Å². The maximum absolute atomic E-state index is 13.5. The second kappa shape index (κ2) is 10.2. The Morgan fingerprint density at radius 2 is 1.89 bits per heavy atom. The molecule has 9 nitrogen and oxygen atoms in total. The van der Waals surface area contributed by atoms with Gasteiger partial charge in [0.05, 0.1) is 30.3 Å². The zero-order valence-corrected chi connectivity index (χ0v) is 18.6. The van der Waals surface area contributed by atoms with Crippen LogP contribution in [0.25, 0.3) is 10.9 Å². The number of hydrogen-bond donors (Lipinski definition) is 2. The van der Waals surface area contributed by atoms with Gasteiger partial charge in [-0.3, -0.25) is 19.1 Å². The van der Waals surface area contributed by atoms with Crippen molar-refractivity contribution in [1.29, 1.82) is 0 Å². The highest BCUT2D eigenvalue weighted by Gasteiger charge is 2.15. The minimum absolute atomic E-state index is 0.0812. The zero-order valence-electron chi connectivity index (χ0n) is 18.6. The Bertz CT molecular complexity index is 1490. The average molecular weight is 478 g/mol. The molecule has 0 aliphatic heterocycles. The van der Waals surface area contributed by atoms with Gasteiger partial charge in [-0.15, -0.1) is 4.91 Å². The number of aromatic nitrogens is 3. The maximum atomic E-state index is 13.5. The summed E-state index contributed by atoms with van der Waals surface area (Å²) >= 11 is 0. The number of benzene rings is 2. The molecule has 0 saturated carbocycles. The molecule has 0 atom stereocenters. The van der Waals surface area contributed by atoms with Gasteiger partial charge in [0.25, 0.3) is 11.5 Å². The maximum Gasteiger partial charge on any atom is 0.266 e. The van der Waals surface area contributed by atoms with E-state index in [-0.39, 0.29) is 24.3 Å². The first-order valence-electron chi connectivity index (χ1n) is 10.7. The molecule has 2 N–H and O–H groups in total. The molecule has 178 valence electrons. The molecule has 0 fully saturated rings. The first-order chi connectivity index (χ1) is 16.9. The lowest BCUT2D eigenvalue weighted by Crippen LogP contribution is -2.33. The number of fused-ring (bicyclic) bond motifs is 1. The molecule has 0 radical (unpaired) electrons. The summed E-state index contributed by atoms with van der Waals surface area (Å²) in [6, 6.07) is 8.60. The summed E-state index contributed by atoms with van der Waals surface area (Å²) in [4.78, 5) is 44.8. The predicted octanol–water partition coefficient (Wildman–Crippen LogP) is 3.88. The van der Waals surface area contributed by atoms with Crippen molar-refractivity contribution in [1.82, 2.24) is 19.9 Å². The van der Waals surface area contributed by atoms with E-state index in [0.717, 1.165) is 22.9 Å². The van der Waals surface area contributed by atoms with Gasteiger partial charge >= 0.3 is 0 Å². The van der Waals surface area contributed by atoms with Crippen LogP contribution < -0.4 is 16.2 Å². The van der Waals surface area contributed by atoms with Gasteiger partial charge in [0.2, 0.25) is 0 Å². The topological polar surface area (TPSA) is 118 Å². The Morgan fingerprint density at radius 3 is 2.63 bits per heavy atom. The molecule has 11 heteroatoms. The summed E-state index contributed by atoms with van der Waals surface area (Å²) in [6.07, 6.45) is 3.76. The van der Waals surface area contributed by atoms with Crippen molar-refractivity contribution in [2.24, 2.45) is 5.18 Å². The second-order valence-electron chi connectivity index (χ2n) is 7.66. The van der Waals surface area contributed by atoms with Gasteiger partial charge in [0.15, 0.2) is 11.6 Å². The summed E-state index contributed by atoms with van der Waals surface area (Å²) in [5.74, 6) is -2.67. The fourth-order valence-electron chi connectivity index (χ4n) is 3.60. The number of carbonyl (C=O) groups excluding carboxylic acids is 1. The minimum atomic E-state index is -1.03. The third-order valence-corrected chi connectivity index (χ3v) is 5.30. The van der Waals surface area contributed by atoms with Crippen LogP contribution in [0.15, 0.2) is 65.1 Å². The Labute approximate surface area is 197 Å². The standard InChI is InChI=1S/C24H20F2N6O3/c1-2-28-22-16-7-14(4-6-20(16)29-11-21(22)31-35)9-30-23(33)17-10-27-13-32(24(17)34)12-15-3-5-18(25)19(26)8-15/h3-8,10-11,13H,2,9,12H2,1H3,(H,28,29)(H,30,33). The molecule has 0 aliphatic carbocycles. The van der Waals surface area contributed by atoms with Crippen molar-refractivity contribution in [3.8, 4) is 0 Å². The van der Waals surface area contributed by atoms with Gasteiger partial charge in [0.1, 0.15) is 11.3 Å². The Balaban J connectivity index is 1.54. The number of anilines is 1. The van der Waals surface area contributed by atoms with Crippen LogP contribution in [0.3, 0.4) is 0 Å². The van der Waals surface area contributed by atoms with E-state index in [2.05, 4.69) is 25.8 Å². The molecule has 2 heterocycles. The van der Waals surface area contributed by atoms with Gasteiger partial charge in [-0.2, -0.15) is 0 Å². The monoisotopic (exact) mass is 478 g/mol. The number of halogens is 2. The molecule has 4 aromatic rings. The third kappa shape index (κ3) is 5.03. The molecular weight excluding hydrogens is 458 g/mol. The number of hydrogen-bond acceptors (Lipinski definition) is 7. The number of nitrogens with one attached hydrogen (secondary N) is 2. The molecule has 2 aromatic carbocycles. The van der Waals surface area contributed by atoms with Crippen molar-refractivity contribution < 1.29 is 13.6 Å². The van der Waals surface area contributed by atoms with E-state index in [4.69, 9.17) is 0 Å². The number of amides is 1. The van der Waals surface area contributed by atoms with E-state index in [1.165, 1.54) is 18.6 Å². The van der Waals surface area contributed by atoms with Crippen LogP contribution in [-0.4, -0.2) is 27.0 Å². The summed E-state index contributed by atoms with van der Waals surface area (Å²) in [5, 5.41) is 9.47. The summed E-state index contributed by atoms with van der Waals surface area (Å²) in [5.41, 5.74) is 1.61. The van der Waals surface area contributed by atoms with Gasteiger partial charge < -0.3 is 10.6 Å². The van der Waals surface area contributed by atoms with Gasteiger partial charge in [-0.05, 0) is 47.5 Å². The molecule has 0 saturated heterocycles. The first-order valence-corrected chi connectivity index (χ1v) is 10.7. The summed E-state index contributed by atoms with van der Waals surface area (Å²) in [7, 11) is 0. The molecule has 35 heavy (non-hydrogen) atoms. The quantitative estimate of drug-likeness (QED) is 0.371. The zero-order chi connectivity index (χ0) is 24.9. The smallest absolute Gasteiger partial charge is 0.266 e. The number of nitroso groups, excluding NO2 is 1. The summed E-state index contributed by atoms with van der Waals surface area (Å²) in [6.45, 7) is 2.47. The van der Waals surface area contributed by atoms with Crippen LogP contribution in [-0.2, 0) is 13.1 Å². The molecule has 0 spiro atoms. The minimum Gasteiger partial charge on any atom is -0.383 e. The van der Waals surface area contributed by atoms with Gasteiger partial charge in [0, 0.05) is 24.7 Å². The number of carbonyl (C=O) groups is 1. The van der Waals surface area contributed by atoms with Crippen molar-refractivity contribution in [2.45, 2.75) is 20.0 Å². The molecule has 0 unspecified atom stereocenters. The highest BCUT2D eigenvalue weighted by Crippen LogP contribution is 2.32. The van der Waals surface area contributed by atoms with Crippen LogP contribution in [0.2, 0.25) is 0 Å². The highest BCUT2D eigenvalue weighted by atomic mass is 19.2. The Kier molecular flexibility index (Phi) is 6.86. The SMILES string of the molecule is CCNc1c(N=O)cnc2ccc(CNC(=O)c3cncn(Cc4ccc(F)c(F)c4)c3=O)cc12. The Morgan fingerprint density at radius 1 is 1.09 bits per heavy atom. The normalized spacial score (nSPS) is 10.8. The van der Waals surface area contributed by atoms with Crippen LogP contribution in [0.5, 0.6) is 0 Å². The number of pyridine rings is 1. The Hall–Kier alpha value is -4.54. The van der Waals surface area contributed by atoms with Crippen LogP contribution in [0.1, 0.15) is 28.4 Å². The largest absolute Gasteiger partial charge is 0.383 e. The van der Waals surface area contributed by atoms with Gasteiger partial charge in [-0.25, -0.2) is 13.8 Å². The molecule has 1 amide bonds. The van der Waals surface area contributed by atoms with Crippen molar-refractivity contribution in [3.63, 3.8) is 0 Å². The van der Waals surface area contributed by atoms with Crippen molar-refractivity contribution >= 4 is 28.2 Å². The van der Waals surface area contributed by atoms with E-state index in [1.54, 1.807) is 18.2 Å². The molecule has 0 aliphatic rings. The van der Waals surface area contributed by atoms with E-state index in [1.807, 2.05) is 6.92 Å². The number of nitrogens with zero attached hydrogens (tertiary/aromatic N) is 4. The van der Waals surface area contributed by atoms with Crippen LogP contribution in [0.4, 0.5) is 20.2 Å². The third-order valence-electron chi connectivity index (χ3n) is 5.30. The van der Waals surface area contributed by atoms with E-state index < -0.39 is 23.1 Å². The fourth-order valence-corrected chi connectivity index (χ4v) is 3.60. The van der Waals surface area contributed by atoms with Crippen LogP contribution >= 0.6 is 0 Å². The lowest BCUT2D eigenvalue weighted by atomic mass is 10.1. The molecular formula is C24H20F2N6O3. The first kappa shape index (κ1) is 23.6. The second-order valence-corrected chi connectivity index (χ2v) is 7.66. The lowest BCUT2D eigenvalue weighted by molar-refractivity contribution is 0.0948. The molecule has 0 bridgehead atoms. The van der Waals surface area contributed by atoms with E-state index >= 15 is 0 Å². The summed E-state index contributed by atoms with van der Waals surface area (Å²) < 4.78 is 27.8. The van der Waals surface area contributed by atoms with Crippen LogP contribution in [0, 0.1) is 16.5 Å². The highest BCUT2D eigenvalue weighted by molar-refractivity contribution is 5.97. The molecule has 2 aromatic heterocycles. The number of rotatable bonds is 8. The van der Waals surface area contributed by atoms with E-state index in [9.17, 15) is 23.3 Å². The van der Waals surface area contributed by atoms with E-state index in [0.29, 0.717) is 34.3 Å². The average Bonchev–Trinajstić information content (AvgIpc) is 2.86. The predicted molar refractivity (Wildman–Crippen MR) is 126 cm³/mol. The van der Waals surface area contributed by atoms with Gasteiger partial charge in [-0.1, -0.05) is 12.1 Å².